The molecule has 1 fully saturated rings. The van der Waals surface area contributed by atoms with E-state index in [1.54, 1.807) is 31.2 Å². The standard InChI is InChI=1S/C19H19N5O7/c1-10-8-24(18(27)21-16(10)25)15-7-12(22-23-20)14(29-15)9-28-19(2)30-13-6-4-3-5-11(13)17(26)31-19/h3-6,8,12,14-15H,7,9H2,1-2H3,(H,21,25,27)/t12-,14+,15+,19?/m0/s1. The fraction of sp³-hybridized carbons (Fsp3) is 0.421. The number of esters is 1. The van der Waals surface area contributed by atoms with Crippen molar-refractivity contribution in [2.45, 2.75) is 44.6 Å². The lowest BCUT2D eigenvalue weighted by molar-refractivity contribution is -0.316. The number of rotatable bonds is 5. The number of cyclic esters (lactones) is 1. The number of nitrogens with zero attached hydrogens (tertiary/aromatic N) is 4. The van der Waals surface area contributed by atoms with Crippen LogP contribution in [0.1, 0.15) is 35.5 Å². The Labute approximate surface area is 174 Å². The van der Waals surface area contributed by atoms with Gasteiger partial charge in [0.2, 0.25) is 0 Å². The lowest BCUT2D eigenvalue weighted by atomic mass is 10.1. The lowest BCUT2D eigenvalue weighted by Crippen LogP contribution is -2.46. The highest BCUT2D eigenvalue weighted by atomic mass is 16.9. The monoisotopic (exact) mass is 429 g/mol. The summed E-state index contributed by atoms with van der Waals surface area (Å²) in [5, 5.41) is 3.73. The molecule has 31 heavy (non-hydrogen) atoms. The number of hydrogen-bond donors (Lipinski definition) is 1. The van der Waals surface area contributed by atoms with Gasteiger partial charge in [-0.05, 0) is 24.6 Å². The van der Waals surface area contributed by atoms with E-state index in [2.05, 4.69) is 15.0 Å². The third-order valence-electron chi connectivity index (χ3n) is 5.05. The number of para-hydroxylation sites is 1. The summed E-state index contributed by atoms with van der Waals surface area (Å²) in [6.45, 7) is 2.84. The molecular weight excluding hydrogens is 410 g/mol. The summed E-state index contributed by atoms with van der Waals surface area (Å²) in [6, 6.07) is 5.93. The Hall–Kier alpha value is -3.60. The van der Waals surface area contributed by atoms with Gasteiger partial charge in [0, 0.05) is 30.0 Å². The molecule has 0 radical (unpaired) electrons. The Morgan fingerprint density at radius 3 is 2.87 bits per heavy atom. The first-order valence-electron chi connectivity index (χ1n) is 9.47. The van der Waals surface area contributed by atoms with Gasteiger partial charge in [-0.3, -0.25) is 14.3 Å². The van der Waals surface area contributed by atoms with Gasteiger partial charge in [-0.15, -0.1) is 0 Å². The van der Waals surface area contributed by atoms with Gasteiger partial charge in [-0.1, -0.05) is 17.2 Å². The van der Waals surface area contributed by atoms with Crippen molar-refractivity contribution < 1.29 is 23.7 Å². The number of aryl methyl sites for hydroxylation is 1. The molecule has 162 valence electrons. The van der Waals surface area contributed by atoms with Crippen molar-refractivity contribution in [3.05, 3.63) is 72.9 Å². The molecule has 1 aromatic carbocycles. The second-order valence-electron chi connectivity index (χ2n) is 7.28. The molecule has 0 amide bonds. The van der Waals surface area contributed by atoms with Crippen molar-refractivity contribution in [3.63, 3.8) is 0 Å². The third-order valence-corrected chi connectivity index (χ3v) is 5.05. The number of aromatic nitrogens is 2. The fourth-order valence-corrected chi connectivity index (χ4v) is 3.48. The average molecular weight is 429 g/mol. The van der Waals surface area contributed by atoms with Crippen LogP contribution >= 0.6 is 0 Å². The number of aromatic amines is 1. The molecular formula is C19H19N5O7. The van der Waals surface area contributed by atoms with E-state index in [1.165, 1.54) is 17.7 Å². The van der Waals surface area contributed by atoms with Gasteiger partial charge >= 0.3 is 17.6 Å². The van der Waals surface area contributed by atoms with Crippen LogP contribution in [0.15, 0.2) is 45.2 Å². The van der Waals surface area contributed by atoms with Crippen LogP contribution in [0.3, 0.4) is 0 Å². The number of benzene rings is 1. The lowest BCUT2D eigenvalue weighted by Gasteiger charge is -2.34. The van der Waals surface area contributed by atoms with Crippen molar-refractivity contribution in [2.75, 3.05) is 6.61 Å². The van der Waals surface area contributed by atoms with Gasteiger partial charge in [0.15, 0.2) is 0 Å². The van der Waals surface area contributed by atoms with Gasteiger partial charge in [0.05, 0.1) is 18.8 Å². The Kier molecular flexibility index (Phi) is 5.27. The van der Waals surface area contributed by atoms with E-state index < -0.39 is 41.6 Å². The molecule has 1 unspecified atom stereocenters. The van der Waals surface area contributed by atoms with Crippen LogP contribution in [0.2, 0.25) is 0 Å². The van der Waals surface area contributed by atoms with Crippen LogP contribution in [0.4, 0.5) is 0 Å². The Morgan fingerprint density at radius 1 is 1.32 bits per heavy atom. The van der Waals surface area contributed by atoms with Crippen molar-refractivity contribution in [1.82, 2.24) is 9.55 Å². The van der Waals surface area contributed by atoms with Gasteiger partial charge in [-0.25, -0.2) is 9.59 Å². The zero-order valence-electron chi connectivity index (χ0n) is 16.7. The highest BCUT2D eigenvalue weighted by Crippen LogP contribution is 2.34. The normalized spacial score (nSPS) is 27.0. The van der Waals surface area contributed by atoms with E-state index in [0.29, 0.717) is 11.3 Å². The first-order valence-corrected chi connectivity index (χ1v) is 9.47. The van der Waals surface area contributed by atoms with E-state index in [0.717, 1.165) is 0 Å². The molecule has 1 aromatic heterocycles. The summed E-state index contributed by atoms with van der Waals surface area (Å²) in [5.41, 5.74) is 8.37. The van der Waals surface area contributed by atoms with E-state index in [1.807, 2.05) is 0 Å². The molecule has 12 heteroatoms. The molecule has 4 atom stereocenters. The highest BCUT2D eigenvalue weighted by Gasteiger charge is 2.43. The van der Waals surface area contributed by atoms with Crippen LogP contribution in [-0.4, -0.2) is 40.2 Å². The Bertz CT molecular complexity index is 1180. The summed E-state index contributed by atoms with van der Waals surface area (Å²) in [6.07, 6.45) is 0.0303. The predicted octanol–water partition coefficient (Wildman–Crippen LogP) is 1.75. The smallest absolute Gasteiger partial charge is 0.371 e. The van der Waals surface area contributed by atoms with Crippen LogP contribution in [0.25, 0.3) is 10.4 Å². The Morgan fingerprint density at radius 2 is 2.10 bits per heavy atom. The zero-order chi connectivity index (χ0) is 22.2. The molecule has 0 bridgehead atoms. The first kappa shape index (κ1) is 20.7. The number of H-pyrrole nitrogens is 1. The first-order chi connectivity index (χ1) is 14.8. The van der Waals surface area contributed by atoms with Crippen molar-refractivity contribution in [3.8, 4) is 5.75 Å². The molecule has 12 nitrogen and oxygen atoms in total. The second-order valence-corrected chi connectivity index (χ2v) is 7.28. The summed E-state index contributed by atoms with van der Waals surface area (Å²) < 4.78 is 23.8. The summed E-state index contributed by atoms with van der Waals surface area (Å²) in [4.78, 5) is 41.1. The van der Waals surface area contributed by atoms with Crippen LogP contribution in [0.5, 0.6) is 5.75 Å². The van der Waals surface area contributed by atoms with E-state index in [4.69, 9.17) is 24.5 Å². The molecule has 3 heterocycles. The molecule has 0 aliphatic carbocycles. The summed E-state index contributed by atoms with van der Waals surface area (Å²) in [5.74, 6) is -2.00. The number of carbonyl (C=O) groups is 1. The SMILES string of the molecule is Cc1cn([C@H]2C[C@H](N=[N+]=[N-])[C@@H](COC3(C)OC(=O)c4ccccc4O3)O2)c(=O)[nH]c1=O. The molecule has 0 saturated carbocycles. The summed E-state index contributed by atoms with van der Waals surface area (Å²) >= 11 is 0. The molecule has 1 N–H and O–H groups in total. The fourth-order valence-electron chi connectivity index (χ4n) is 3.48. The highest BCUT2D eigenvalue weighted by molar-refractivity contribution is 5.93. The third kappa shape index (κ3) is 4.04. The maximum atomic E-state index is 12.3. The quantitative estimate of drug-likeness (QED) is 0.328. The van der Waals surface area contributed by atoms with Crippen LogP contribution in [-0.2, 0) is 14.2 Å². The largest absolute Gasteiger partial charge is 0.429 e. The minimum absolute atomic E-state index is 0.150. The topological polar surface area (TPSA) is 158 Å². The van der Waals surface area contributed by atoms with E-state index in [-0.39, 0.29) is 18.6 Å². The minimum atomic E-state index is -1.71. The number of ether oxygens (including phenoxy) is 4. The molecule has 2 aliphatic heterocycles. The zero-order valence-corrected chi connectivity index (χ0v) is 16.7. The van der Waals surface area contributed by atoms with Crippen molar-refractivity contribution in [2.24, 2.45) is 5.11 Å². The Balaban J connectivity index is 1.51. The van der Waals surface area contributed by atoms with Gasteiger partial charge in [0.25, 0.3) is 5.56 Å². The van der Waals surface area contributed by atoms with Crippen molar-refractivity contribution in [1.29, 1.82) is 0 Å². The average Bonchev–Trinajstić information content (AvgIpc) is 3.12. The molecule has 2 aromatic rings. The number of nitrogens with one attached hydrogen (secondary N) is 1. The second kappa shape index (κ2) is 7.91. The molecule has 4 rings (SSSR count). The number of fused-ring (bicyclic) bond motifs is 1. The molecule has 0 spiro atoms. The van der Waals surface area contributed by atoms with Crippen LogP contribution < -0.4 is 16.0 Å². The molecule has 2 aliphatic rings. The number of carbonyl (C=O) groups excluding carboxylic acids is 1. The maximum absolute atomic E-state index is 12.3. The maximum Gasteiger partial charge on any atom is 0.371 e. The van der Waals surface area contributed by atoms with Crippen LogP contribution in [0, 0.1) is 6.92 Å². The van der Waals surface area contributed by atoms with Gasteiger partial charge < -0.3 is 18.9 Å². The van der Waals surface area contributed by atoms with Gasteiger partial charge in [-0.2, -0.15) is 0 Å². The summed E-state index contributed by atoms with van der Waals surface area (Å²) in [7, 11) is 0. The predicted molar refractivity (Wildman–Crippen MR) is 104 cm³/mol. The van der Waals surface area contributed by atoms with E-state index >= 15 is 0 Å². The molecule has 1 saturated heterocycles. The van der Waals surface area contributed by atoms with Crippen molar-refractivity contribution >= 4 is 5.97 Å². The minimum Gasteiger partial charge on any atom is -0.429 e. The number of hydrogen-bond acceptors (Lipinski definition) is 8. The van der Waals surface area contributed by atoms with E-state index in [9.17, 15) is 14.4 Å². The van der Waals surface area contributed by atoms with Gasteiger partial charge in [0.1, 0.15) is 17.5 Å². The number of azide groups is 1.